The molecule has 0 heterocycles. The molecule has 0 spiro atoms. The Kier molecular flexibility index (Phi) is 13.9. The van der Waals surface area contributed by atoms with E-state index in [0.717, 1.165) is 41.5 Å². The number of aliphatic hydroxyl groups is 2. The van der Waals surface area contributed by atoms with E-state index in [1.807, 2.05) is 49.6 Å². The standard InChI is InChI=1S/C35H51NO5S/c1-23(2)20-32(37)33(38)27(21-25-11-6-5-7-12-25)16-14-26-15-17-29(30(22-26)28-13-9-8-10-24(28)3)34(39)36-31(35(40)41)18-19-42-4/h8-10,13,15,17,22-23,25,27,31-33,37-38H,5-7,11-12,14,16,18-21H2,1-4H3,(H,36,39)(H,40,41). The topological polar surface area (TPSA) is 107 Å². The van der Waals surface area contributed by atoms with Crippen LogP contribution in [0.15, 0.2) is 42.5 Å². The van der Waals surface area contributed by atoms with Crippen molar-refractivity contribution >= 4 is 23.6 Å². The molecule has 2 aromatic carbocycles. The zero-order valence-electron chi connectivity index (χ0n) is 25.9. The predicted octanol–water partition coefficient (Wildman–Crippen LogP) is 6.89. The average Bonchev–Trinajstić information content (AvgIpc) is 2.97. The van der Waals surface area contributed by atoms with Crippen molar-refractivity contribution in [2.24, 2.45) is 17.8 Å². The Labute approximate surface area is 256 Å². The molecule has 42 heavy (non-hydrogen) atoms. The maximum absolute atomic E-state index is 13.4. The second kappa shape index (κ2) is 17.1. The maximum Gasteiger partial charge on any atom is 0.326 e. The van der Waals surface area contributed by atoms with Crippen molar-refractivity contribution in [2.45, 2.75) is 103 Å². The summed E-state index contributed by atoms with van der Waals surface area (Å²) < 4.78 is 0. The Morgan fingerprint density at radius 2 is 1.71 bits per heavy atom. The second-order valence-corrected chi connectivity index (χ2v) is 13.6. The van der Waals surface area contributed by atoms with Crippen LogP contribution in [-0.2, 0) is 11.2 Å². The van der Waals surface area contributed by atoms with Crippen LogP contribution in [0.5, 0.6) is 0 Å². The fourth-order valence-corrected chi connectivity index (χ4v) is 6.81. The summed E-state index contributed by atoms with van der Waals surface area (Å²) in [5, 5.41) is 34.5. The Morgan fingerprint density at radius 1 is 1.00 bits per heavy atom. The second-order valence-electron chi connectivity index (χ2n) is 12.6. The first kappa shape index (κ1) is 34.1. The molecule has 1 amide bonds. The third-order valence-electron chi connectivity index (χ3n) is 8.73. The molecule has 4 N–H and O–H groups in total. The Balaban J connectivity index is 1.87. The molecule has 4 unspecified atom stereocenters. The summed E-state index contributed by atoms with van der Waals surface area (Å²) in [5.74, 6) is 0.109. The number of carboxylic acid groups (broad SMARTS) is 1. The van der Waals surface area contributed by atoms with Gasteiger partial charge in [0.25, 0.3) is 5.91 Å². The number of carbonyl (C=O) groups excluding carboxylic acids is 1. The largest absolute Gasteiger partial charge is 0.480 e. The molecule has 7 heteroatoms. The van der Waals surface area contributed by atoms with Crippen LogP contribution >= 0.6 is 11.8 Å². The number of aliphatic carboxylic acids is 1. The number of carbonyl (C=O) groups is 2. The van der Waals surface area contributed by atoms with E-state index >= 15 is 0 Å². The number of aliphatic hydroxyl groups excluding tert-OH is 2. The SMILES string of the molecule is CSCCC(NC(=O)c1ccc(CCC(CC2CCCCC2)C(O)C(O)CC(C)C)cc1-c1ccccc1C)C(=O)O. The molecule has 0 aromatic heterocycles. The molecular weight excluding hydrogens is 546 g/mol. The quantitative estimate of drug-likeness (QED) is 0.168. The van der Waals surface area contributed by atoms with Crippen molar-refractivity contribution in [1.82, 2.24) is 5.32 Å². The molecular formula is C35H51NO5S. The highest BCUT2D eigenvalue weighted by Crippen LogP contribution is 2.34. The van der Waals surface area contributed by atoms with E-state index < -0.39 is 30.1 Å². The van der Waals surface area contributed by atoms with E-state index in [4.69, 9.17) is 0 Å². The first-order valence-corrected chi connectivity index (χ1v) is 17.1. The van der Waals surface area contributed by atoms with E-state index in [1.165, 1.54) is 32.1 Å². The zero-order valence-corrected chi connectivity index (χ0v) is 26.7. The molecule has 1 aliphatic rings. The van der Waals surface area contributed by atoms with Crippen molar-refractivity contribution in [3.63, 3.8) is 0 Å². The van der Waals surface area contributed by atoms with Gasteiger partial charge in [-0.2, -0.15) is 11.8 Å². The molecule has 6 nitrogen and oxygen atoms in total. The fraction of sp³-hybridized carbons (Fsp3) is 0.600. The molecule has 0 radical (unpaired) electrons. The number of benzene rings is 2. The molecule has 232 valence electrons. The number of aryl methyl sites for hydroxylation is 2. The molecule has 0 bridgehead atoms. The van der Waals surface area contributed by atoms with Crippen LogP contribution in [0.25, 0.3) is 11.1 Å². The highest BCUT2D eigenvalue weighted by molar-refractivity contribution is 7.98. The minimum absolute atomic E-state index is 0.000466. The van der Waals surface area contributed by atoms with Gasteiger partial charge in [0.05, 0.1) is 12.2 Å². The third kappa shape index (κ3) is 10.1. The van der Waals surface area contributed by atoms with E-state index in [-0.39, 0.29) is 5.92 Å². The summed E-state index contributed by atoms with van der Waals surface area (Å²) in [6.45, 7) is 6.14. The van der Waals surface area contributed by atoms with Gasteiger partial charge in [-0.15, -0.1) is 0 Å². The van der Waals surface area contributed by atoms with Crippen LogP contribution in [0.3, 0.4) is 0 Å². The molecule has 1 fully saturated rings. The van der Waals surface area contributed by atoms with Crippen LogP contribution in [0.2, 0.25) is 0 Å². The summed E-state index contributed by atoms with van der Waals surface area (Å²) >= 11 is 1.55. The van der Waals surface area contributed by atoms with E-state index in [2.05, 4.69) is 19.2 Å². The number of rotatable bonds is 16. The van der Waals surface area contributed by atoms with Crippen LogP contribution in [0, 0.1) is 24.7 Å². The molecule has 0 saturated heterocycles. The van der Waals surface area contributed by atoms with Gasteiger partial charge in [0.15, 0.2) is 0 Å². The summed E-state index contributed by atoms with van der Waals surface area (Å²) in [6, 6.07) is 12.8. The van der Waals surface area contributed by atoms with Crippen LogP contribution in [0.1, 0.15) is 93.1 Å². The Bertz CT molecular complexity index is 1150. The van der Waals surface area contributed by atoms with Gasteiger partial charge in [0, 0.05) is 5.56 Å². The minimum atomic E-state index is -1.03. The van der Waals surface area contributed by atoms with Gasteiger partial charge in [0.2, 0.25) is 0 Å². The number of nitrogens with one attached hydrogen (secondary N) is 1. The van der Waals surface area contributed by atoms with Gasteiger partial charge >= 0.3 is 5.97 Å². The third-order valence-corrected chi connectivity index (χ3v) is 9.38. The summed E-state index contributed by atoms with van der Waals surface area (Å²) in [6.07, 6.45) is 9.90. The number of hydrogen-bond acceptors (Lipinski definition) is 5. The number of thioether (sulfide) groups is 1. The molecule has 0 aliphatic heterocycles. The molecule has 4 atom stereocenters. The van der Waals surface area contributed by atoms with E-state index in [0.29, 0.717) is 36.0 Å². The lowest BCUT2D eigenvalue weighted by atomic mass is 9.77. The van der Waals surface area contributed by atoms with Gasteiger partial charge in [-0.1, -0.05) is 82.3 Å². The maximum atomic E-state index is 13.4. The lowest BCUT2D eigenvalue weighted by Crippen LogP contribution is -2.41. The summed E-state index contributed by atoms with van der Waals surface area (Å²) in [5.41, 5.74) is 4.26. The van der Waals surface area contributed by atoms with E-state index in [1.54, 1.807) is 17.8 Å². The van der Waals surface area contributed by atoms with Crippen molar-refractivity contribution < 1.29 is 24.9 Å². The van der Waals surface area contributed by atoms with Crippen LogP contribution in [0.4, 0.5) is 0 Å². The van der Waals surface area contributed by atoms with Crippen LogP contribution in [-0.4, -0.2) is 57.5 Å². The minimum Gasteiger partial charge on any atom is -0.480 e. The van der Waals surface area contributed by atoms with E-state index in [9.17, 15) is 24.9 Å². The summed E-state index contributed by atoms with van der Waals surface area (Å²) in [4.78, 5) is 25.3. The molecule has 1 aliphatic carbocycles. The van der Waals surface area contributed by atoms with Crippen molar-refractivity contribution in [3.8, 4) is 11.1 Å². The van der Waals surface area contributed by atoms with Crippen molar-refractivity contribution in [3.05, 3.63) is 59.2 Å². The first-order chi connectivity index (χ1) is 20.1. The highest BCUT2D eigenvalue weighted by Gasteiger charge is 2.30. The molecule has 2 aromatic rings. The smallest absolute Gasteiger partial charge is 0.326 e. The van der Waals surface area contributed by atoms with Gasteiger partial charge in [-0.3, -0.25) is 4.79 Å². The van der Waals surface area contributed by atoms with Gasteiger partial charge in [-0.05, 0) is 97.1 Å². The lowest BCUT2D eigenvalue weighted by molar-refractivity contribution is -0.139. The average molecular weight is 598 g/mol. The van der Waals surface area contributed by atoms with Gasteiger partial charge < -0.3 is 20.6 Å². The monoisotopic (exact) mass is 597 g/mol. The number of carboxylic acids is 1. The predicted molar refractivity (Wildman–Crippen MR) is 173 cm³/mol. The fourth-order valence-electron chi connectivity index (χ4n) is 6.34. The van der Waals surface area contributed by atoms with Gasteiger partial charge in [0.1, 0.15) is 6.04 Å². The number of hydrogen-bond donors (Lipinski definition) is 4. The zero-order chi connectivity index (χ0) is 30.6. The summed E-state index contributed by atoms with van der Waals surface area (Å²) in [7, 11) is 0. The van der Waals surface area contributed by atoms with Crippen molar-refractivity contribution in [2.75, 3.05) is 12.0 Å². The lowest BCUT2D eigenvalue weighted by Gasteiger charge is -2.32. The Morgan fingerprint density at radius 3 is 2.36 bits per heavy atom. The normalized spacial score (nSPS) is 17.0. The number of amides is 1. The molecule has 3 rings (SSSR count). The van der Waals surface area contributed by atoms with Crippen molar-refractivity contribution in [1.29, 1.82) is 0 Å². The Hall–Kier alpha value is -2.35. The molecule has 1 saturated carbocycles. The highest BCUT2D eigenvalue weighted by atomic mass is 32.2. The first-order valence-electron chi connectivity index (χ1n) is 15.7. The van der Waals surface area contributed by atoms with Gasteiger partial charge in [-0.25, -0.2) is 4.79 Å². The van der Waals surface area contributed by atoms with Crippen LogP contribution < -0.4 is 5.32 Å².